The molecule has 2 aliphatic heterocycles. The Bertz CT molecular complexity index is 1280. The maximum absolute atomic E-state index is 12.1. The molecule has 0 saturated carbocycles. The van der Waals surface area contributed by atoms with Gasteiger partial charge in [-0.15, -0.1) is 0 Å². The van der Waals surface area contributed by atoms with E-state index in [4.69, 9.17) is 4.74 Å². The van der Waals surface area contributed by atoms with Crippen molar-refractivity contribution >= 4 is 35.3 Å². The molecule has 11 nitrogen and oxygen atoms in total. The second-order valence-electron chi connectivity index (χ2n) is 10.0. The zero-order chi connectivity index (χ0) is 29.2. The van der Waals surface area contributed by atoms with Crippen LogP contribution in [0, 0.1) is 0 Å². The molecule has 1 unspecified atom stereocenters. The summed E-state index contributed by atoms with van der Waals surface area (Å²) in [5.41, 5.74) is 4.60. The molecular weight excluding hydrogens is 520 g/mol. The molecule has 1 fully saturated rings. The van der Waals surface area contributed by atoms with Crippen LogP contribution in [0.2, 0.25) is 0 Å². The fourth-order valence-electron chi connectivity index (χ4n) is 4.83. The van der Waals surface area contributed by atoms with E-state index in [2.05, 4.69) is 56.2 Å². The van der Waals surface area contributed by atoms with Gasteiger partial charge in [-0.25, -0.2) is 15.0 Å². The van der Waals surface area contributed by atoms with Crippen LogP contribution in [0.3, 0.4) is 0 Å². The van der Waals surface area contributed by atoms with Gasteiger partial charge < -0.3 is 30.1 Å². The maximum atomic E-state index is 12.1. The van der Waals surface area contributed by atoms with Gasteiger partial charge in [0.1, 0.15) is 12.3 Å². The van der Waals surface area contributed by atoms with Gasteiger partial charge in [0.05, 0.1) is 18.4 Å². The summed E-state index contributed by atoms with van der Waals surface area (Å²) in [4.78, 5) is 41.5. The van der Waals surface area contributed by atoms with Gasteiger partial charge in [-0.3, -0.25) is 9.59 Å². The predicted octanol–water partition coefficient (Wildman–Crippen LogP) is 3.70. The van der Waals surface area contributed by atoms with Crippen molar-refractivity contribution in [2.24, 2.45) is 0 Å². The number of hydrogen-bond donors (Lipinski definition) is 2. The van der Waals surface area contributed by atoms with Crippen molar-refractivity contribution in [3.8, 4) is 17.0 Å². The first-order valence-electron chi connectivity index (χ1n) is 14.2. The van der Waals surface area contributed by atoms with Crippen LogP contribution in [-0.4, -0.2) is 84.6 Å². The molecule has 2 aliphatic rings. The van der Waals surface area contributed by atoms with Crippen LogP contribution >= 0.6 is 0 Å². The van der Waals surface area contributed by atoms with Crippen LogP contribution in [0.4, 0.5) is 23.0 Å². The highest BCUT2D eigenvalue weighted by Crippen LogP contribution is 2.32. The molecule has 4 heterocycles. The minimum atomic E-state index is 0.188. The molecule has 11 heteroatoms. The lowest BCUT2D eigenvalue weighted by Gasteiger charge is -2.26. The molecule has 1 saturated heterocycles. The highest BCUT2D eigenvalue weighted by atomic mass is 16.5. The van der Waals surface area contributed by atoms with Crippen LogP contribution in [0.15, 0.2) is 48.9 Å². The lowest BCUT2D eigenvalue weighted by atomic mass is 10.1. The fraction of sp³-hybridized carbons (Fsp3) is 0.433. The molecular formula is C30H40N8O3. The number of benzene rings is 1. The Labute approximate surface area is 241 Å². The minimum absolute atomic E-state index is 0.188. The SMILES string of the molecule is CC1CCC(=O)N1c1ccc(-c2cnc(Nc3cnc4c(c3)N(C)CCO4)nc2)cc1.CCN(CC)CCNC=O. The van der Waals surface area contributed by atoms with Crippen molar-refractivity contribution in [3.63, 3.8) is 0 Å². The van der Waals surface area contributed by atoms with E-state index in [1.807, 2.05) is 42.3 Å². The topological polar surface area (TPSA) is 116 Å². The summed E-state index contributed by atoms with van der Waals surface area (Å²) in [5.74, 6) is 1.33. The van der Waals surface area contributed by atoms with Crippen LogP contribution in [-0.2, 0) is 9.59 Å². The number of aromatic nitrogens is 3. The molecule has 0 bridgehead atoms. The lowest BCUT2D eigenvalue weighted by molar-refractivity contribution is -0.117. The number of fused-ring (bicyclic) bond motifs is 1. The Balaban J connectivity index is 0.000000334. The molecule has 41 heavy (non-hydrogen) atoms. The van der Waals surface area contributed by atoms with Crippen LogP contribution in [0.1, 0.15) is 33.6 Å². The van der Waals surface area contributed by atoms with Gasteiger partial charge >= 0.3 is 0 Å². The molecule has 0 aliphatic carbocycles. The summed E-state index contributed by atoms with van der Waals surface area (Å²) in [7, 11) is 2.02. The van der Waals surface area contributed by atoms with Crippen LogP contribution < -0.4 is 25.2 Å². The van der Waals surface area contributed by atoms with Gasteiger partial charge in [-0.05, 0) is 50.2 Å². The largest absolute Gasteiger partial charge is 0.474 e. The fourth-order valence-corrected chi connectivity index (χ4v) is 4.83. The van der Waals surface area contributed by atoms with E-state index in [1.54, 1.807) is 18.6 Å². The van der Waals surface area contributed by atoms with Gasteiger partial charge in [0.15, 0.2) is 0 Å². The van der Waals surface area contributed by atoms with Gasteiger partial charge in [-0.1, -0.05) is 26.0 Å². The number of amides is 2. The van der Waals surface area contributed by atoms with E-state index >= 15 is 0 Å². The first kappa shape index (κ1) is 29.7. The Morgan fingerprint density at radius 3 is 2.44 bits per heavy atom. The second-order valence-corrected chi connectivity index (χ2v) is 10.0. The molecule has 1 atom stereocenters. The summed E-state index contributed by atoms with van der Waals surface area (Å²) in [5, 5.41) is 5.82. The molecule has 1 aromatic carbocycles. The van der Waals surface area contributed by atoms with Crippen molar-refractivity contribution in [2.75, 3.05) is 61.5 Å². The summed E-state index contributed by atoms with van der Waals surface area (Å²) >= 11 is 0. The Kier molecular flexibility index (Phi) is 10.4. The first-order chi connectivity index (χ1) is 19.9. The smallest absolute Gasteiger partial charge is 0.237 e. The van der Waals surface area contributed by atoms with Crippen molar-refractivity contribution in [3.05, 3.63) is 48.9 Å². The molecule has 2 N–H and O–H groups in total. The standard InChI is InChI=1S/C23H24N6O2.C7H16N2O/c1-15-3-8-21(30)29(15)19-6-4-16(5-7-19)17-12-25-23(26-13-17)27-18-11-20-22(24-14-18)31-10-9-28(20)2;1-3-9(4-2)6-5-8-7-10/h4-7,11-15H,3,8-10H2,1-2H3,(H,25,26,27);7H,3-6H2,1-2H3,(H,8,10). The third-order valence-electron chi connectivity index (χ3n) is 7.33. The normalized spacial score (nSPS) is 16.0. The number of hydrogen-bond acceptors (Lipinski definition) is 9. The minimum Gasteiger partial charge on any atom is -0.474 e. The lowest BCUT2D eigenvalue weighted by Crippen LogP contribution is -2.31. The molecule has 3 aromatic rings. The van der Waals surface area contributed by atoms with Crippen molar-refractivity contribution in [1.29, 1.82) is 0 Å². The average molecular weight is 561 g/mol. The highest BCUT2D eigenvalue weighted by Gasteiger charge is 2.28. The third-order valence-corrected chi connectivity index (χ3v) is 7.33. The van der Waals surface area contributed by atoms with E-state index in [-0.39, 0.29) is 11.9 Å². The van der Waals surface area contributed by atoms with E-state index < -0.39 is 0 Å². The molecule has 0 radical (unpaired) electrons. The summed E-state index contributed by atoms with van der Waals surface area (Å²) < 4.78 is 5.58. The number of carbonyl (C=O) groups is 2. The number of carbonyl (C=O) groups excluding carboxylic acids is 2. The number of nitrogens with zero attached hydrogens (tertiary/aromatic N) is 6. The molecule has 218 valence electrons. The van der Waals surface area contributed by atoms with Gasteiger partial charge in [0, 0.05) is 56.2 Å². The summed E-state index contributed by atoms with van der Waals surface area (Å²) in [6.07, 6.45) is 7.56. The first-order valence-corrected chi connectivity index (χ1v) is 14.2. The molecule has 2 aromatic heterocycles. The second kappa shape index (κ2) is 14.4. The average Bonchev–Trinajstić information content (AvgIpc) is 3.34. The number of likely N-dealkylation sites (N-methyl/N-ethyl adjacent to an activating group) is 2. The van der Waals surface area contributed by atoms with E-state index in [9.17, 15) is 9.59 Å². The number of anilines is 4. The van der Waals surface area contributed by atoms with E-state index in [0.29, 0.717) is 24.9 Å². The summed E-state index contributed by atoms with van der Waals surface area (Å²) in [6.45, 7) is 11.6. The summed E-state index contributed by atoms with van der Waals surface area (Å²) in [6, 6.07) is 10.2. The van der Waals surface area contributed by atoms with Gasteiger partial charge in [0.25, 0.3) is 0 Å². The molecule has 0 spiro atoms. The van der Waals surface area contributed by atoms with Crippen molar-refractivity contribution < 1.29 is 14.3 Å². The zero-order valence-electron chi connectivity index (χ0n) is 24.3. The van der Waals surface area contributed by atoms with E-state index in [1.165, 1.54) is 0 Å². The number of nitrogens with one attached hydrogen (secondary N) is 2. The monoisotopic (exact) mass is 560 g/mol. The Morgan fingerprint density at radius 1 is 1.07 bits per heavy atom. The van der Waals surface area contributed by atoms with Crippen molar-refractivity contribution in [1.82, 2.24) is 25.2 Å². The third kappa shape index (κ3) is 7.69. The van der Waals surface area contributed by atoms with Gasteiger partial charge in [0.2, 0.25) is 24.1 Å². The van der Waals surface area contributed by atoms with Crippen LogP contribution in [0.5, 0.6) is 5.88 Å². The van der Waals surface area contributed by atoms with Crippen LogP contribution in [0.25, 0.3) is 11.1 Å². The number of rotatable bonds is 10. The van der Waals surface area contributed by atoms with Gasteiger partial charge in [-0.2, -0.15) is 0 Å². The highest BCUT2D eigenvalue weighted by molar-refractivity contribution is 5.96. The quantitative estimate of drug-likeness (QED) is 0.283. The molecule has 2 amide bonds. The number of ether oxygens (including phenoxy) is 1. The maximum Gasteiger partial charge on any atom is 0.237 e. The number of pyridine rings is 1. The zero-order valence-corrected chi connectivity index (χ0v) is 24.3. The predicted molar refractivity (Wildman–Crippen MR) is 162 cm³/mol. The molecule has 5 rings (SSSR count). The van der Waals surface area contributed by atoms with Crippen molar-refractivity contribution in [2.45, 2.75) is 39.7 Å². The Hall–Kier alpha value is -4.25. The van der Waals surface area contributed by atoms with E-state index in [0.717, 1.165) is 73.7 Å². The Morgan fingerprint density at radius 2 is 1.80 bits per heavy atom.